The van der Waals surface area contributed by atoms with E-state index in [2.05, 4.69) is 10.2 Å². The highest BCUT2D eigenvalue weighted by Crippen LogP contribution is 2.29. The van der Waals surface area contributed by atoms with Gasteiger partial charge >= 0.3 is 0 Å². The number of aryl methyl sites for hydroxylation is 1. The molecule has 3 heterocycles. The summed E-state index contributed by atoms with van der Waals surface area (Å²) >= 11 is 0. The summed E-state index contributed by atoms with van der Waals surface area (Å²) in [6, 6.07) is 17.0. The lowest BCUT2D eigenvalue weighted by Gasteiger charge is -2.31. The number of nitrogens with one attached hydrogen (secondary N) is 1. The Morgan fingerprint density at radius 2 is 1.92 bits per heavy atom. The van der Waals surface area contributed by atoms with Crippen molar-refractivity contribution in [2.45, 2.75) is 64.3 Å². The normalized spacial score (nSPS) is 14.6. The molecule has 1 amide bonds. The van der Waals surface area contributed by atoms with Crippen LogP contribution in [0.2, 0.25) is 0 Å². The molecule has 2 N–H and O–H groups in total. The van der Waals surface area contributed by atoms with Gasteiger partial charge < -0.3 is 19.7 Å². The van der Waals surface area contributed by atoms with Crippen LogP contribution in [0, 0.1) is 17.1 Å². The average molecular weight is 677 g/mol. The number of aliphatic hydroxyl groups is 1. The quantitative estimate of drug-likeness (QED) is 0.211. The molecular formula is C35H41FN6O5S. The lowest BCUT2D eigenvalue weighted by atomic mass is 9.93. The van der Waals surface area contributed by atoms with Gasteiger partial charge in [0.15, 0.2) is 0 Å². The highest BCUT2D eigenvalue weighted by Gasteiger charge is 2.25. The number of hydrogen-bond acceptors (Lipinski definition) is 9. The Morgan fingerprint density at radius 3 is 2.60 bits per heavy atom. The lowest BCUT2D eigenvalue weighted by Crippen LogP contribution is -2.44. The van der Waals surface area contributed by atoms with Crippen LogP contribution in [0.5, 0.6) is 5.88 Å². The van der Waals surface area contributed by atoms with E-state index in [0.29, 0.717) is 41.0 Å². The summed E-state index contributed by atoms with van der Waals surface area (Å²) in [6.45, 7) is 5.92. The summed E-state index contributed by atoms with van der Waals surface area (Å²) in [7, 11) is -3.25. The zero-order chi connectivity index (χ0) is 34.5. The number of nitriles is 1. The van der Waals surface area contributed by atoms with Gasteiger partial charge in [-0.05, 0) is 82.6 Å². The molecule has 0 bridgehead atoms. The van der Waals surface area contributed by atoms with E-state index in [1.165, 1.54) is 12.3 Å². The van der Waals surface area contributed by atoms with E-state index in [0.717, 1.165) is 37.4 Å². The predicted octanol–water partition coefficient (Wildman–Crippen LogP) is 4.34. The number of imidazole rings is 1. The van der Waals surface area contributed by atoms with Crippen LogP contribution in [0.1, 0.15) is 72.0 Å². The number of benzene rings is 2. The molecule has 13 heteroatoms. The zero-order valence-corrected chi connectivity index (χ0v) is 28.3. The van der Waals surface area contributed by atoms with Crippen molar-refractivity contribution in [3.8, 4) is 11.9 Å². The minimum atomic E-state index is -3.25. The van der Waals surface area contributed by atoms with Crippen LogP contribution >= 0.6 is 0 Å². The number of ether oxygens (including phenoxy) is 1. The molecule has 254 valence electrons. The Kier molecular flexibility index (Phi) is 10.8. The monoisotopic (exact) mass is 676 g/mol. The number of sulfone groups is 1. The number of likely N-dealkylation sites (tertiary alicyclic amines) is 1. The number of aliphatic hydroxyl groups excluding tert-OH is 1. The molecule has 1 aliphatic rings. The second kappa shape index (κ2) is 14.8. The van der Waals surface area contributed by atoms with Gasteiger partial charge in [-0.25, -0.2) is 22.8 Å². The molecule has 4 aromatic rings. The third kappa shape index (κ3) is 8.94. The van der Waals surface area contributed by atoms with Crippen molar-refractivity contribution in [3.63, 3.8) is 0 Å². The SMILES string of the molecule is CC(C)(CCO)NC(=O)c1ccc2nc(CN3CCC(c4cccc(OCc5ccc(C#N)cc5F)n4)CC3)n(CCS(C)(=O)=O)c2c1. The number of nitrogens with zero attached hydrogens (tertiary/aromatic N) is 5. The molecule has 2 aromatic carbocycles. The first-order valence-corrected chi connectivity index (χ1v) is 18.0. The fraction of sp³-hybridized carbons (Fsp3) is 0.429. The molecule has 1 saturated heterocycles. The molecule has 11 nitrogen and oxygen atoms in total. The van der Waals surface area contributed by atoms with Gasteiger partial charge in [0.25, 0.3) is 5.91 Å². The summed E-state index contributed by atoms with van der Waals surface area (Å²) < 4.78 is 46.3. The molecule has 0 saturated carbocycles. The largest absolute Gasteiger partial charge is 0.473 e. The van der Waals surface area contributed by atoms with E-state index < -0.39 is 21.2 Å². The van der Waals surface area contributed by atoms with Crippen LogP contribution in [0.25, 0.3) is 11.0 Å². The minimum Gasteiger partial charge on any atom is -0.473 e. The first kappa shape index (κ1) is 34.9. The summed E-state index contributed by atoms with van der Waals surface area (Å²) in [6.07, 6.45) is 3.30. The van der Waals surface area contributed by atoms with Crippen LogP contribution in [-0.4, -0.2) is 76.1 Å². The van der Waals surface area contributed by atoms with Crippen LogP contribution in [0.3, 0.4) is 0 Å². The number of halogens is 1. The minimum absolute atomic E-state index is 0.000633. The maximum atomic E-state index is 14.3. The number of hydrogen-bond donors (Lipinski definition) is 2. The lowest BCUT2D eigenvalue weighted by molar-refractivity contribution is 0.0899. The summed E-state index contributed by atoms with van der Waals surface area (Å²) in [5.74, 6) is 0.509. The number of pyridine rings is 1. The van der Waals surface area contributed by atoms with Gasteiger partial charge in [-0.15, -0.1) is 0 Å². The highest BCUT2D eigenvalue weighted by molar-refractivity contribution is 7.90. The number of fused-ring (bicyclic) bond motifs is 1. The van der Waals surface area contributed by atoms with E-state index in [1.54, 1.807) is 36.4 Å². The molecule has 0 unspecified atom stereocenters. The van der Waals surface area contributed by atoms with Crippen LogP contribution < -0.4 is 10.1 Å². The Labute approximate surface area is 280 Å². The van der Waals surface area contributed by atoms with Crippen molar-refractivity contribution in [2.75, 3.05) is 31.7 Å². The standard InChI is InChI=1S/C35H41FN6O5S/c1-35(2,13-17-43)40-34(44)26-9-10-30-31(20-26)42(16-18-48(3,45)46)32(38-30)22-41-14-11-25(12-15-41)29-5-4-6-33(39-29)47-23-27-8-7-24(21-37)19-28(27)36/h4-10,19-20,25,43H,11-18,22-23H2,1-3H3,(H,40,44). The molecule has 2 aromatic heterocycles. The van der Waals surface area contributed by atoms with Crippen molar-refractivity contribution < 1.29 is 27.4 Å². The Morgan fingerprint density at radius 1 is 1.15 bits per heavy atom. The van der Waals surface area contributed by atoms with Crippen molar-refractivity contribution in [2.24, 2.45) is 0 Å². The first-order chi connectivity index (χ1) is 22.8. The fourth-order valence-electron chi connectivity index (χ4n) is 5.87. The van der Waals surface area contributed by atoms with E-state index in [9.17, 15) is 22.7 Å². The number of rotatable bonds is 13. The summed E-state index contributed by atoms with van der Waals surface area (Å²) in [5.41, 5.74) is 2.72. The van der Waals surface area contributed by atoms with Gasteiger partial charge in [0, 0.05) is 53.8 Å². The highest BCUT2D eigenvalue weighted by atomic mass is 32.2. The third-order valence-corrected chi connectivity index (χ3v) is 9.56. The maximum Gasteiger partial charge on any atom is 0.251 e. The van der Waals surface area contributed by atoms with Crippen molar-refractivity contribution in [3.05, 3.63) is 88.6 Å². The maximum absolute atomic E-state index is 14.3. The van der Waals surface area contributed by atoms with E-state index >= 15 is 0 Å². The molecule has 0 aliphatic carbocycles. The van der Waals surface area contributed by atoms with Crippen molar-refractivity contribution in [1.29, 1.82) is 5.26 Å². The van der Waals surface area contributed by atoms with Crippen molar-refractivity contribution in [1.82, 2.24) is 24.8 Å². The predicted molar refractivity (Wildman–Crippen MR) is 180 cm³/mol. The molecule has 0 spiro atoms. The van der Waals surface area contributed by atoms with E-state index in [4.69, 9.17) is 20.0 Å². The van der Waals surface area contributed by atoms with Crippen LogP contribution in [0.4, 0.5) is 4.39 Å². The van der Waals surface area contributed by atoms with Gasteiger partial charge in [-0.1, -0.05) is 12.1 Å². The fourth-order valence-corrected chi connectivity index (χ4v) is 6.39. The molecule has 1 fully saturated rings. The molecule has 5 rings (SSSR count). The van der Waals surface area contributed by atoms with Gasteiger partial charge in [0.1, 0.15) is 28.1 Å². The number of carbonyl (C=O) groups excluding carboxylic acids is 1. The van der Waals surface area contributed by atoms with Crippen molar-refractivity contribution >= 4 is 26.8 Å². The van der Waals surface area contributed by atoms with Gasteiger partial charge in [0.2, 0.25) is 5.88 Å². The van der Waals surface area contributed by atoms with E-state index in [-0.39, 0.29) is 42.9 Å². The number of carbonyl (C=O) groups is 1. The molecule has 1 aliphatic heterocycles. The second-order valence-electron chi connectivity index (χ2n) is 13.0. The zero-order valence-electron chi connectivity index (χ0n) is 27.4. The van der Waals surface area contributed by atoms with Gasteiger partial charge in [-0.2, -0.15) is 5.26 Å². The molecule has 48 heavy (non-hydrogen) atoms. The van der Waals surface area contributed by atoms with Crippen LogP contribution in [-0.2, 0) is 29.5 Å². The summed E-state index contributed by atoms with van der Waals surface area (Å²) in [4.78, 5) is 24.9. The average Bonchev–Trinajstić information content (AvgIpc) is 3.39. The Balaban J connectivity index is 1.26. The number of piperidine rings is 1. The summed E-state index contributed by atoms with van der Waals surface area (Å²) in [5, 5.41) is 21.3. The molecular weight excluding hydrogens is 635 g/mol. The second-order valence-corrected chi connectivity index (χ2v) is 15.2. The van der Waals surface area contributed by atoms with Gasteiger partial charge in [-0.3, -0.25) is 9.69 Å². The van der Waals surface area contributed by atoms with E-state index in [1.807, 2.05) is 36.6 Å². The molecule has 0 atom stereocenters. The van der Waals surface area contributed by atoms with Crippen LogP contribution in [0.15, 0.2) is 54.6 Å². The molecule has 0 radical (unpaired) electrons. The Hall–Kier alpha value is -4.38. The smallest absolute Gasteiger partial charge is 0.251 e. The number of amides is 1. The Bertz CT molecular complexity index is 1930. The number of aromatic nitrogens is 3. The van der Waals surface area contributed by atoms with Gasteiger partial charge in [0.05, 0.1) is 35.0 Å². The first-order valence-electron chi connectivity index (χ1n) is 15.9. The topological polar surface area (TPSA) is 150 Å². The third-order valence-electron chi connectivity index (χ3n) is 8.64.